The van der Waals surface area contributed by atoms with Crippen LogP contribution in [-0.2, 0) is 6.54 Å². The predicted molar refractivity (Wildman–Crippen MR) is 110 cm³/mol. The Bertz CT molecular complexity index is 1140. The molecule has 0 spiro atoms. The Morgan fingerprint density at radius 2 is 1.90 bits per heavy atom. The van der Waals surface area contributed by atoms with E-state index in [9.17, 15) is 19.7 Å². The van der Waals surface area contributed by atoms with Crippen molar-refractivity contribution in [1.82, 2.24) is 9.78 Å². The van der Waals surface area contributed by atoms with Gasteiger partial charge in [0.25, 0.3) is 5.91 Å². The molecule has 1 fully saturated rings. The number of nitrogens with zero attached hydrogens (tertiary/aromatic N) is 4. The van der Waals surface area contributed by atoms with Crippen molar-refractivity contribution >= 4 is 23.2 Å². The highest BCUT2D eigenvalue weighted by Crippen LogP contribution is 2.29. The molecule has 1 amide bonds. The van der Waals surface area contributed by atoms with E-state index in [-0.39, 0.29) is 11.7 Å². The zero-order chi connectivity index (χ0) is 22.0. The first kappa shape index (κ1) is 20.4. The first-order valence-corrected chi connectivity index (χ1v) is 9.93. The van der Waals surface area contributed by atoms with Crippen molar-refractivity contribution in [1.29, 1.82) is 0 Å². The van der Waals surface area contributed by atoms with Crippen molar-refractivity contribution in [3.05, 3.63) is 68.7 Å². The van der Waals surface area contributed by atoms with Crippen LogP contribution in [0.25, 0.3) is 0 Å². The van der Waals surface area contributed by atoms with Crippen LogP contribution in [-0.4, -0.2) is 33.7 Å². The lowest BCUT2D eigenvalue weighted by atomic mass is 9.96. The smallest absolute Gasteiger partial charge is 0.395 e. The van der Waals surface area contributed by atoms with E-state index in [1.807, 2.05) is 19.1 Å². The minimum absolute atomic E-state index is 0.118. The van der Waals surface area contributed by atoms with Gasteiger partial charge in [-0.2, -0.15) is 4.68 Å². The number of carbonyl (C=O) groups is 1. The number of piperidine rings is 1. The van der Waals surface area contributed by atoms with Gasteiger partial charge in [-0.05, 0) is 50.1 Å². The van der Waals surface area contributed by atoms with Crippen LogP contribution in [0, 0.1) is 10.1 Å². The number of hydrogen-bond donors (Lipinski definition) is 1. The van der Waals surface area contributed by atoms with E-state index < -0.39 is 22.5 Å². The fourth-order valence-corrected chi connectivity index (χ4v) is 3.57. The Balaban J connectivity index is 1.34. The normalized spacial score (nSPS) is 14.5. The van der Waals surface area contributed by atoms with Crippen LogP contribution in [0.3, 0.4) is 0 Å². The van der Waals surface area contributed by atoms with Crippen LogP contribution in [0.4, 0.5) is 17.3 Å². The van der Waals surface area contributed by atoms with Crippen molar-refractivity contribution in [3.8, 4) is 0 Å². The van der Waals surface area contributed by atoms with Crippen molar-refractivity contribution in [2.24, 2.45) is 0 Å². The standard InChI is InChI=1S/C20H21N5O6/c1-2-24-20(27)31-19(22-24)13-9-11-23(12-10-13)15-5-3-14(4-6-15)21-18(26)16-7-8-17(30-16)25(28)29/h3-8,13H,2,9-12H2,1H3,(H,21,26). The molecular weight excluding hydrogens is 406 g/mol. The minimum Gasteiger partial charge on any atom is -0.395 e. The predicted octanol–water partition coefficient (Wildman–Crippen LogP) is 2.99. The third kappa shape index (κ3) is 4.34. The maximum absolute atomic E-state index is 12.2. The maximum atomic E-state index is 12.2. The molecule has 0 saturated carbocycles. The molecule has 31 heavy (non-hydrogen) atoms. The summed E-state index contributed by atoms with van der Waals surface area (Å²) in [6.07, 6.45) is 1.64. The highest BCUT2D eigenvalue weighted by molar-refractivity contribution is 6.02. The van der Waals surface area contributed by atoms with E-state index in [1.54, 1.807) is 12.1 Å². The number of aromatic nitrogens is 2. The second-order valence-electron chi connectivity index (χ2n) is 7.18. The second-order valence-corrected chi connectivity index (χ2v) is 7.18. The Kier molecular flexibility index (Phi) is 5.56. The molecule has 1 N–H and O–H groups in total. The molecule has 2 aromatic heterocycles. The largest absolute Gasteiger partial charge is 0.437 e. The molecule has 3 heterocycles. The Labute approximate surface area is 176 Å². The number of amides is 1. The number of carbonyl (C=O) groups excluding carboxylic acids is 1. The summed E-state index contributed by atoms with van der Waals surface area (Å²) in [5.41, 5.74) is 1.56. The zero-order valence-corrected chi connectivity index (χ0v) is 16.8. The summed E-state index contributed by atoms with van der Waals surface area (Å²) in [6.45, 7) is 3.91. The van der Waals surface area contributed by atoms with E-state index in [0.29, 0.717) is 18.1 Å². The molecule has 0 radical (unpaired) electrons. The average molecular weight is 427 g/mol. The summed E-state index contributed by atoms with van der Waals surface area (Å²) in [5, 5.41) is 17.6. The Hall–Kier alpha value is -3.89. The zero-order valence-electron chi connectivity index (χ0n) is 16.8. The summed E-state index contributed by atoms with van der Waals surface area (Å²) in [7, 11) is 0. The molecule has 3 aromatic rings. The van der Waals surface area contributed by atoms with E-state index in [4.69, 9.17) is 8.83 Å². The van der Waals surface area contributed by atoms with E-state index >= 15 is 0 Å². The van der Waals surface area contributed by atoms with Gasteiger partial charge in [-0.15, -0.1) is 5.10 Å². The number of nitro groups is 1. The maximum Gasteiger partial charge on any atom is 0.437 e. The fourth-order valence-electron chi connectivity index (χ4n) is 3.57. The number of anilines is 2. The first-order chi connectivity index (χ1) is 14.9. The summed E-state index contributed by atoms with van der Waals surface area (Å²) in [5.74, 6) is -0.966. The van der Waals surface area contributed by atoms with Gasteiger partial charge in [-0.25, -0.2) is 4.79 Å². The van der Waals surface area contributed by atoms with Gasteiger partial charge in [-0.3, -0.25) is 14.9 Å². The molecule has 0 unspecified atom stereocenters. The molecule has 162 valence electrons. The van der Waals surface area contributed by atoms with Gasteiger partial charge < -0.3 is 19.1 Å². The highest BCUT2D eigenvalue weighted by Gasteiger charge is 2.25. The van der Waals surface area contributed by atoms with Gasteiger partial charge in [0.2, 0.25) is 5.89 Å². The summed E-state index contributed by atoms with van der Waals surface area (Å²) in [4.78, 5) is 36.0. The number of benzene rings is 1. The van der Waals surface area contributed by atoms with Gasteiger partial charge in [0.1, 0.15) is 4.92 Å². The van der Waals surface area contributed by atoms with Crippen molar-refractivity contribution in [3.63, 3.8) is 0 Å². The molecule has 1 saturated heterocycles. The van der Waals surface area contributed by atoms with E-state index in [0.717, 1.165) is 37.7 Å². The molecule has 0 bridgehead atoms. The monoisotopic (exact) mass is 427 g/mol. The van der Waals surface area contributed by atoms with E-state index in [1.165, 1.54) is 10.7 Å². The minimum atomic E-state index is -0.697. The number of hydrogen-bond acceptors (Lipinski definition) is 8. The van der Waals surface area contributed by atoms with Crippen molar-refractivity contribution < 1.29 is 18.6 Å². The molecule has 0 aliphatic carbocycles. The van der Waals surface area contributed by atoms with Crippen molar-refractivity contribution in [2.45, 2.75) is 32.2 Å². The topological polar surface area (TPSA) is 137 Å². The van der Waals surface area contributed by atoms with Gasteiger partial charge in [0.15, 0.2) is 5.76 Å². The first-order valence-electron chi connectivity index (χ1n) is 9.93. The molecule has 11 heteroatoms. The number of nitrogens with one attached hydrogen (secondary N) is 1. The third-order valence-electron chi connectivity index (χ3n) is 5.25. The Morgan fingerprint density at radius 1 is 1.19 bits per heavy atom. The summed E-state index contributed by atoms with van der Waals surface area (Å²) >= 11 is 0. The lowest BCUT2D eigenvalue weighted by Gasteiger charge is -2.32. The fraction of sp³-hybridized carbons (Fsp3) is 0.350. The van der Waals surface area contributed by atoms with Crippen LogP contribution in [0.1, 0.15) is 42.1 Å². The van der Waals surface area contributed by atoms with Crippen LogP contribution >= 0.6 is 0 Å². The lowest BCUT2D eigenvalue weighted by Crippen LogP contribution is -2.33. The van der Waals surface area contributed by atoms with Crippen LogP contribution in [0.5, 0.6) is 0 Å². The van der Waals surface area contributed by atoms with E-state index in [2.05, 4.69) is 15.3 Å². The summed E-state index contributed by atoms with van der Waals surface area (Å²) < 4.78 is 11.5. The van der Waals surface area contributed by atoms with Gasteiger partial charge >= 0.3 is 11.6 Å². The number of furan rings is 1. The molecule has 1 aliphatic heterocycles. The SMILES string of the molecule is CCn1nc(C2CCN(c3ccc(NC(=O)c4ccc([N+](=O)[O-])o4)cc3)CC2)oc1=O. The van der Waals surface area contributed by atoms with Gasteiger partial charge in [-0.1, -0.05) is 0 Å². The van der Waals surface area contributed by atoms with Crippen LogP contribution in [0.15, 0.2) is 50.0 Å². The molecule has 0 atom stereocenters. The molecule has 1 aromatic carbocycles. The Morgan fingerprint density at radius 3 is 2.48 bits per heavy atom. The molecule has 11 nitrogen and oxygen atoms in total. The van der Waals surface area contributed by atoms with Gasteiger partial charge in [0, 0.05) is 36.9 Å². The number of aryl methyl sites for hydroxylation is 1. The van der Waals surface area contributed by atoms with Crippen LogP contribution in [0.2, 0.25) is 0 Å². The molecule has 1 aliphatic rings. The van der Waals surface area contributed by atoms with Crippen LogP contribution < -0.4 is 16.0 Å². The average Bonchev–Trinajstić information content (AvgIpc) is 3.42. The number of rotatable bonds is 6. The second kappa shape index (κ2) is 8.46. The van der Waals surface area contributed by atoms with Crippen molar-refractivity contribution in [2.75, 3.05) is 23.3 Å². The third-order valence-corrected chi connectivity index (χ3v) is 5.25. The van der Waals surface area contributed by atoms with Gasteiger partial charge in [0.05, 0.1) is 6.07 Å². The summed E-state index contributed by atoms with van der Waals surface area (Å²) in [6, 6.07) is 9.72. The lowest BCUT2D eigenvalue weighted by molar-refractivity contribution is -0.402. The molecule has 4 rings (SSSR count). The molecular formula is C20H21N5O6. The highest BCUT2D eigenvalue weighted by atomic mass is 16.6. The quantitative estimate of drug-likeness (QED) is 0.468.